The summed E-state index contributed by atoms with van der Waals surface area (Å²) in [5, 5.41) is 11.7. The number of amides is 1. The smallest absolute Gasteiger partial charge is 0.306 e. The molecule has 1 aliphatic carbocycles. The van der Waals surface area contributed by atoms with Crippen LogP contribution in [0.5, 0.6) is 5.75 Å². The second-order valence-electron chi connectivity index (χ2n) is 5.17. The fourth-order valence-corrected chi connectivity index (χ4v) is 2.46. The largest absolute Gasteiger partial charge is 0.488 e. The number of hydrogen-bond acceptors (Lipinski definition) is 3. The van der Waals surface area contributed by atoms with Gasteiger partial charge in [0, 0.05) is 11.6 Å². The van der Waals surface area contributed by atoms with Crippen molar-refractivity contribution in [3.63, 3.8) is 0 Å². The van der Waals surface area contributed by atoms with E-state index in [0.717, 1.165) is 11.3 Å². The zero-order valence-corrected chi connectivity index (χ0v) is 10.8. The van der Waals surface area contributed by atoms with E-state index in [0.29, 0.717) is 18.4 Å². The van der Waals surface area contributed by atoms with Crippen LogP contribution in [0.3, 0.4) is 0 Å². The van der Waals surface area contributed by atoms with E-state index in [1.54, 1.807) is 0 Å². The van der Waals surface area contributed by atoms with E-state index in [-0.39, 0.29) is 24.5 Å². The molecule has 0 spiro atoms. The monoisotopic (exact) mass is 273 g/mol. The van der Waals surface area contributed by atoms with Gasteiger partial charge in [0.2, 0.25) is 0 Å². The lowest BCUT2D eigenvalue weighted by molar-refractivity contribution is -0.146. The molecule has 0 saturated heterocycles. The van der Waals surface area contributed by atoms with Crippen LogP contribution < -0.4 is 10.1 Å². The number of hydrogen-bond donors (Lipinski definition) is 2. The van der Waals surface area contributed by atoms with Gasteiger partial charge in [-0.25, -0.2) is 0 Å². The van der Waals surface area contributed by atoms with Crippen LogP contribution in [-0.2, 0) is 9.59 Å². The summed E-state index contributed by atoms with van der Waals surface area (Å²) in [5.41, 5.74) is 1.46. The van der Waals surface area contributed by atoms with Crippen molar-refractivity contribution in [1.82, 2.24) is 5.32 Å². The fraction of sp³-hybridized carbons (Fsp3) is 0.333. The topological polar surface area (TPSA) is 75.6 Å². The maximum absolute atomic E-state index is 12.1. The van der Waals surface area contributed by atoms with Crippen LogP contribution in [0.1, 0.15) is 18.4 Å². The van der Waals surface area contributed by atoms with Gasteiger partial charge in [0.15, 0.2) is 0 Å². The molecule has 5 nitrogen and oxygen atoms in total. The number of nitrogens with one attached hydrogen (secondary N) is 1. The third kappa shape index (κ3) is 2.39. The van der Waals surface area contributed by atoms with Crippen molar-refractivity contribution < 1.29 is 19.4 Å². The minimum Gasteiger partial charge on any atom is -0.488 e. The number of carboxylic acid groups (broad SMARTS) is 1. The lowest BCUT2D eigenvalue weighted by Crippen LogP contribution is -2.47. The zero-order chi connectivity index (χ0) is 14.1. The molecule has 1 saturated carbocycles. The Kier molecular flexibility index (Phi) is 3.18. The standard InChI is InChI=1S/C15H15NO4/c17-14(16-12-6-10(7-12)15(18)19)11-5-9-3-1-2-4-13(9)20-8-11/h1-5,10,12H,6-8H2,(H,16,17)(H,18,19). The lowest BCUT2D eigenvalue weighted by atomic mass is 9.80. The summed E-state index contributed by atoms with van der Waals surface area (Å²) in [6.45, 7) is 0.248. The average Bonchev–Trinajstić information content (AvgIpc) is 2.41. The van der Waals surface area contributed by atoms with E-state index in [1.807, 2.05) is 30.3 Å². The van der Waals surface area contributed by atoms with Gasteiger partial charge in [-0.05, 0) is 25.0 Å². The van der Waals surface area contributed by atoms with Gasteiger partial charge >= 0.3 is 5.97 Å². The Labute approximate surface area is 116 Å². The number of benzene rings is 1. The Morgan fingerprint density at radius 3 is 2.75 bits per heavy atom. The molecular weight excluding hydrogens is 258 g/mol. The maximum Gasteiger partial charge on any atom is 0.306 e. The quantitative estimate of drug-likeness (QED) is 0.873. The van der Waals surface area contributed by atoms with Gasteiger partial charge in [0.1, 0.15) is 12.4 Å². The number of ether oxygens (including phenoxy) is 1. The molecule has 2 N–H and O–H groups in total. The first-order valence-electron chi connectivity index (χ1n) is 6.59. The van der Waals surface area contributed by atoms with Crippen molar-refractivity contribution in [3.05, 3.63) is 35.4 Å². The summed E-state index contributed by atoms with van der Waals surface area (Å²) in [7, 11) is 0. The second kappa shape index (κ2) is 5.00. The minimum absolute atomic E-state index is 0.0401. The molecule has 1 aromatic rings. The summed E-state index contributed by atoms with van der Waals surface area (Å²) < 4.78 is 5.53. The molecule has 0 bridgehead atoms. The van der Waals surface area contributed by atoms with Crippen molar-refractivity contribution in [1.29, 1.82) is 0 Å². The third-order valence-electron chi connectivity index (χ3n) is 3.75. The highest BCUT2D eigenvalue weighted by molar-refractivity contribution is 5.99. The van der Waals surface area contributed by atoms with Crippen molar-refractivity contribution in [2.45, 2.75) is 18.9 Å². The van der Waals surface area contributed by atoms with E-state index in [1.165, 1.54) is 0 Å². The van der Waals surface area contributed by atoms with E-state index < -0.39 is 5.97 Å². The van der Waals surface area contributed by atoms with Gasteiger partial charge in [-0.2, -0.15) is 0 Å². The van der Waals surface area contributed by atoms with Crippen molar-refractivity contribution in [3.8, 4) is 5.75 Å². The zero-order valence-electron chi connectivity index (χ0n) is 10.8. The molecule has 1 heterocycles. The van der Waals surface area contributed by atoms with Crippen LogP contribution >= 0.6 is 0 Å². The molecule has 1 aliphatic heterocycles. The maximum atomic E-state index is 12.1. The van der Waals surface area contributed by atoms with Crippen molar-refractivity contribution >= 4 is 18.0 Å². The number of rotatable bonds is 3. The van der Waals surface area contributed by atoms with Crippen LogP contribution in [0.2, 0.25) is 0 Å². The van der Waals surface area contributed by atoms with Crippen LogP contribution in [0.4, 0.5) is 0 Å². The Hall–Kier alpha value is -2.30. The molecule has 20 heavy (non-hydrogen) atoms. The summed E-state index contributed by atoms with van der Waals surface area (Å²) in [5.74, 6) is -0.505. The Morgan fingerprint density at radius 2 is 2.00 bits per heavy atom. The SMILES string of the molecule is O=C(NC1CC(C(=O)O)C1)C1=Cc2ccccc2OC1. The van der Waals surface area contributed by atoms with E-state index in [2.05, 4.69) is 5.32 Å². The Morgan fingerprint density at radius 1 is 1.25 bits per heavy atom. The molecule has 5 heteroatoms. The number of carboxylic acids is 1. The Bertz CT molecular complexity index is 587. The van der Waals surface area contributed by atoms with Gasteiger partial charge in [-0.15, -0.1) is 0 Å². The molecule has 0 unspecified atom stereocenters. The van der Waals surface area contributed by atoms with Gasteiger partial charge in [-0.3, -0.25) is 9.59 Å². The highest BCUT2D eigenvalue weighted by Gasteiger charge is 2.35. The van der Waals surface area contributed by atoms with Gasteiger partial charge in [0.05, 0.1) is 11.5 Å². The average molecular weight is 273 g/mol. The van der Waals surface area contributed by atoms with Crippen LogP contribution in [0, 0.1) is 5.92 Å². The van der Waals surface area contributed by atoms with Gasteiger partial charge in [-0.1, -0.05) is 18.2 Å². The molecule has 1 fully saturated rings. The minimum atomic E-state index is -0.787. The second-order valence-corrected chi connectivity index (χ2v) is 5.17. The molecular formula is C15H15NO4. The first-order chi connectivity index (χ1) is 9.63. The Balaban J connectivity index is 1.62. The summed E-state index contributed by atoms with van der Waals surface area (Å²) in [6.07, 6.45) is 2.83. The fourth-order valence-electron chi connectivity index (χ4n) is 2.46. The third-order valence-corrected chi connectivity index (χ3v) is 3.75. The molecule has 1 amide bonds. The molecule has 0 atom stereocenters. The predicted octanol–water partition coefficient (Wildman–Crippen LogP) is 1.44. The highest BCUT2D eigenvalue weighted by atomic mass is 16.5. The first kappa shape index (κ1) is 12.7. The lowest BCUT2D eigenvalue weighted by Gasteiger charge is -2.33. The predicted molar refractivity (Wildman–Crippen MR) is 72.2 cm³/mol. The molecule has 0 radical (unpaired) electrons. The number of para-hydroxylation sites is 1. The number of aliphatic carboxylic acids is 1. The van der Waals surface area contributed by atoms with Crippen LogP contribution in [0.25, 0.3) is 6.08 Å². The molecule has 3 rings (SSSR count). The summed E-state index contributed by atoms with van der Waals surface area (Å²) >= 11 is 0. The molecule has 0 aromatic heterocycles. The number of carbonyl (C=O) groups excluding carboxylic acids is 1. The molecule has 1 aromatic carbocycles. The van der Waals surface area contributed by atoms with E-state index in [4.69, 9.17) is 9.84 Å². The van der Waals surface area contributed by atoms with Crippen molar-refractivity contribution in [2.75, 3.05) is 6.61 Å². The number of fused-ring (bicyclic) bond motifs is 1. The summed E-state index contributed by atoms with van der Waals surface area (Å²) in [4.78, 5) is 22.8. The van der Waals surface area contributed by atoms with E-state index >= 15 is 0 Å². The highest BCUT2D eigenvalue weighted by Crippen LogP contribution is 2.29. The van der Waals surface area contributed by atoms with Gasteiger partial charge in [0.25, 0.3) is 5.91 Å². The van der Waals surface area contributed by atoms with E-state index in [9.17, 15) is 9.59 Å². The summed E-state index contributed by atoms with van der Waals surface area (Å²) in [6, 6.07) is 7.50. The van der Waals surface area contributed by atoms with Crippen molar-refractivity contribution in [2.24, 2.45) is 5.92 Å². The molecule has 104 valence electrons. The van der Waals surface area contributed by atoms with Gasteiger partial charge < -0.3 is 15.2 Å². The normalized spacial score (nSPS) is 23.7. The van der Waals surface area contributed by atoms with Crippen LogP contribution in [0.15, 0.2) is 29.8 Å². The van der Waals surface area contributed by atoms with Crippen LogP contribution in [-0.4, -0.2) is 29.6 Å². The molecule has 2 aliphatic rings. The first-order valence-corrected chi connectivity index (χ1v) is 6.59. The number of carbonyl (C=O) groups is 2.